The van der Waals surface area contributed by atoms with Gasteiger partial charge in [-0.1, -0.05) is 42.8 Å². The second kappa shape index (κ2) is 11.6. The number of carbonyl (C=O) groups is 2. The SMILES string of the molecule is CCNC(=O)[C@@H](CC)N(Cc1ccc(C)cc1)C(=O)CN(c1cccc(C(F)(F)F)c1)S(C)(=O)=O. The van der Waals surface area contributed by atoms with Crippen molar-refractivity contribution in [2.75, 3.05) is 23.7 Å². The summed E-state index contributed by atoms with van der Waals surface area (Å²) in [6.45, 7) is 4.94. The van der Waals surface area contributed by atoms with E-state index in [0.29, 0.717) is 16.9 Å². The van der Waals surface area contributed by atoms with E-state index in [4.69, 9.17) is 0 Å². The van der Waals surface area contributed by atoms with Crippen LogP contribution >= 0.6 is 0 Å². The summed E-state index contributed by atoms with van der Waals surface area (Å²) in [6, 6.07) is 10.1. The van der Waals surface area contributed by atoms with Gasteiger partial charge >= 0.3 is 6.18 Å². The molecule has 2 aromatic rings. The van der Waals surface area contributed by atoms with Crippen LogP contribution in [0.25, 0.3) is 0 Å². The van der Waals surface area contributed by atoms with E-state index in [-0.39, 0.29) is 18.7 Å². The van der Waals surface area contributed by atoms with Crippen molar-refractivity contribution in [1.29, 1.82) is 0 Å². The van der Waals surface area contributed by atoms with Crippen LogP contribution in [0.4, 0.5) is 18.9 Å². The van der Waals surface area contributed by atoms with Gasteiger partial charge in [0.15, 0.2) is 0 Å². The van der Waals surface area contributed by atoms with Crippen LogP contribution in [-0.2, 0) is 32.3 Å². The summed E-state index contributed by atoms with van der Waals surface area (Å²) in [7, 11) is -4.13. The molecule has 2 amide bonds. The van der Waals surface area contributed by atoms with Gasteiger partial charge in [-0.05, 0) is 44.0 Å². The van der Waals surface area contributed by atoms with E-state index in [1.807, 2.05) is 19.1 Å². The Morgan fingerprint density at radius 3 is 2.20 bits per heavy atom. The van der Waals surface area contributed by atoms with Gasteiger partial charge in [-0.2, -0.15) is 13.2 Å². The summed E-state index contributed by atoms with van der Waals surface area (Å²) in [4.78, 5) is 27.4. The molecule has 0 aliphatic rings. The fourth-order valence-corrected chi connectivity index (χ4v) is 4.39. The van der Waals surface area contributed by atoms with Gasteiger partial charge in [-0.15, -0.1) is 0 Å². The summed E-state index contributed by atoms with van der Waals surface area (Å²) in [5, 5.41) is 2.68. The number of sulfonamides is 1. The third-order valence-electron chi connectivity index (χ3n) is 5.35. The number of benzene rings is 2. The second-order valence-electron chi connectivity index (χ2n) is 8.14. The molecule has 0 heterocycles. The van der Waals surface area contributed by atoms with E-state index in [1.54, 1.807) is 26.0 Å². The molecule has 0 fully saturated rings. The third kappa shape index (κ3) is 7.71. The summed E-state index contributed by atoms with van der Waals surface area (Å²) < 4.78 is 65.3. The van der Waals surface area contributed by atoms with Gasteiger partial charge in [-0.25, -0.2) is 8.42 Å². The highest BCUT2D eigenvalue weighted by Crippen LogP contribution is 2.32. The highest BCUT2D eigenvalue weighted by Gasteiger charge is 2.34. The van der Waals surface area contributed by atoms with Crippen molar-refractivity contribution >= 4 is 27.5 Å². The maximum Gasteiger partial charge on any atom is 0.416 e. The Kier molecular flexibility index (Phi) is 9.31. The van der Waals surface area contributed by atoms with E-state index >= 15 is 0 Å². The average Bonchev–Trinajstić information content (AvgIpc) is 2.77. The summed E-state index contributed by atoms with van der Waals surface area (Å²) in [6.07, 6.45) is -3.62. The number of anilines is 1. The number of nitrogens with zero attached hydrogens (tertiary/aromatic N) is 2. The molecule has 0 bridgehead atoms. The minimum Gasteiger partial charge on any atom is -0.355 e. The highest BCUT2D eigenvalue weighted by molar-refractivity contribution is 7.92. The fourth-order valence-electron chi connectivity index (χ4n) is 3.55. The molecular weight excluding hydrogens is 483 g/mol. The van der Waals surface area contributed by atoms with Gasteiger partial charge in [0.1, 0.15) is 12.6 Å². The summed E-state index contributed by atoms with van der Waals surface area (Å²) in [5.41, 5.74) is 0.380. The van der Waals surface area contributed by atoms with Gasteiger partial charge < -0.3 is 10.2 Å². The number of nitrogens with one attached hydrogen (secondary N) is 1. The Labute approximate surface area is 204 Å². The van der Waals surface area contributed by atoms with Gasteiger partial charge in [0.2, 0.25) is 21.8 Å². The Hall–Kier alpha value is -3.08. The number of alkyl halides is 3. The smallest absolute Gasteiger partial charge is 0.355 e. The van der Waals surface area contributed by atoms with E-state index in [2.05, 4.69) is 5.32 Å². The predicted molar refractivity (Wildman–Crippen MR) is 128 cm³/mol. The molecule has 0 aliphatic carbocycles. The molecule has 0 saturated heterocycles. The molecule has 0 saturated carbocycles. The Balaban J connectivity index is 2.47. The van der Waals surface area contributed by atoms with Gasteiger partial charge in [0, 0.05) is 13.1 Å². The molecule has 35 heavy (non-hydrogen) atoms. The van der Waals surface area contributed by atoms with Crippen molar-refractivity contribution < 1.29 is 31.2 Å². The van der Waals surface area contributed by atoms with Crippen molar-refractivity contribution in [3.8, 4) is 0 Å². The van der Waals surface area contributed by atoms with Crippen molar-refractivity contribution in [3.63, 3.8) is 0 Å². The number of hydrogen-bond acceptors (Lipinski definition) is 4. The molecular formula is C24H30F3N3O4S. The first kappa shape index (κ1) is 28.2. The lowest BCUT2D eigenvalue weighted by molar-refractivity contribution is -0.140. The third-order valence-corrected chi connectivity index (χ3v) is 6.49. The normalized spacial score (nSPS) is 12.7. The predicted octanol–water partition coefficient (Wildman–Crippen LogP) is 3.72. The molecule has 7 nitrogen and oxygen atoms in total. The monoisotopic (exact) mass is 513 g/mol. The van der Waals surface area contributed by atoms with E-state index < -0.39 is 46.2 Å². The maximum atomic E-state index is 13.5. The van der Waals surface area contributed by atoms with Crippen LogP contribution in [0.2, 0.25) is 0 Å². The van der Waals surface area contributed by atoms with Crippen LogP contribution in [0.1, 0.15) is 37.0 Å². The number of aryl methyl sites for hydroxylation is 1. The molecule has 0 spiro atoms. The van der Waals surface area contributed by atoms with E-state index in [9.17, 15) is 31.2 Å². The number of rotatable bonds is 10. The second-order valence-corrected chi connectivity index (χ2v) is 10.1. The summed E-state index contributed by atoms with van der Waals surface area (Å²) >= 11 is 0. The molecule has 0 unspecified atom stereocenters. The van der Waals surface area contributed by atoms with Crippen molar-refractivity contribution in [2.45, 2.75) is 46.0 Å². The topological polar surface area (TPSA) is 86.8 Å². The molecule has 11 heteroatoms. The minimum absolute atomic E-state index is 0.0228. The van der Waals surface area contributed by atoms with Crippen molar-refractivity contribution in [3.05, 3.63) is 65.2 Å². The Bertz CT molecular complexity index is 1140. The number of hydrogen-bond donors (Lipinski definition) is 1. The average molecular weight is 514 g/mol. The van der Waals surface area contributed by atoms with Crippen LogP contribution in [0.15, 0.2) is 48.5 Å². The number of amides is 2. The zero-order chi connectivity index (χ0) is 26.4. The van der Waals surface area contributed by atoms with Crippen LogP contribution in [0.3, 0.4) is 0 Å². The molecule has 0 aliphatic heterocycles. The Morgan fingerprint density at radius 1 is 1.06 bits per heavy atom. The van der Waals surface area contributed by atoms with Crippen LogP contribution in [0.5, 0.6) is 0 Å². The van der Waals surface area contributed by atoms with E-state index in [0.717, 1.165) is 29.5 Å². The number of carbonyl (C=O) groups excluding carboxylic acids is 2. The first-order chi connectivity index (χ1) is 16.3. The van der Waals surface area contributed by atoms with Crippen molar-refractivity contribution in [1.82, 2.24) is 10.2 Å². The van der Waals surface area contributed by atoms with Crippen molar-refractivity contribution in [2.24, 2.45) is 0 Å². The molecule has 0 radical (unpaired) electrons. The molecule has 1 atom stereocenters. The first-order valence-corrected chi connectivity index (χ1v) is 12.9. The van der Waals surface area contributed by atoms with Gasteiger partial charge in [-0.3, -0.25) is 13.9 Å². The summed E-state index contributed by atoms with van der Waals surface area (Å²) in [5.74, 6) is -1.12. The quantitative estimate of drug-likeness (QED) is 0.525. The van der Waals surface area contributed by atoms with Crippen LogP contribution in [0, 0.1) is 6.92 Å². The lowest BCUT2D eigenvalue weighted by atomic mass is 10.1. The maximum absolute atomic E-state index is 13.5. The lowest BCUT2D eigenvalue weighted by Gasteiger charge is -2.33. The zero-order valence-corrected chi connectivity index (χ0v) is 20.9. The highest BCUT2D eigenvalue weighted by atomic mass is 32.2. The largest absolute Gasteiger partial charge is 0.416 e. The lowest BCUT2D eigenvalue weighted by Crippen LogP contribution is -2.52. The number of likely N-dealkylation sites (N-methyl/N-ethyl adjacent to an activating group) is 1. The van der Waals surface area contributed by atoms with Crippen LogP contribution < -0.4 is 9.62 Å². The molecule has 2 rings (SSSR count). The minimum atomic E-state index is -4.69. The number of halogens is 3. The van der Waals surface area contributed by atoms with Gasteiger partial charge in [0.05, 0.1) is 17.5 Å². The molecule has 1 N–H and O–H groups in total. The molecule has 2 aromatic carbocycles. The van der Waals surface area contributed by atoms with Gasteiger partial charge in [0.25, 0.3) is 0 Å². The Morgan fingerprint density at radius 2 is 1.69 bits per heavy atom. The zero-order valence-electron chi connectivity index (χ0n) is 20.1. The first-order valence-electron chi connectivity index (χ1n) is 11.1. The standard InChI is InChI=1S/C24H30F3N3O4S/c1-5-21(23(32)28-6-2)29(15-18-12-10-17(3)11-13-18)22(31)16-30(35(4,33)34)20-9-7-8-19(14-20)24(25,26)27/h7-14,21H,5-6,15-16H2,1-4H3,(H,28,32)/t21-/m1/s1. The van der Waals surface area contributed by atoms with E-state index in [1.165, 1.54) is 11.0 Å². The fraction of sp³-hybridized carbons (Fsp3) is 0.417. The van der Waals surface area contributed by atoms with Crippen LogP contribution in [-0.4, -0.2) is 50.5 Å². The molecule has 0 aromatic heterocycles. The molecule has 192 valence electrons.